The van der Waals surface area contributed by atoms with Gasteiger partial charge in [0.1, 0.15) is 18.3 Å². The lowest BCUT2D eigenvalue weighted by atomic mass is 10.0. The van der Waals surface area contributed by atoms with E-state index in [1.165, 1.54) is 24.1 Å². The van der Waals surface area contributed by atoms with Crippen LogP contribution in [0, 0.1) is 12.8 Å². The molecular formula is C36H39Cl2N3O5S. The molecule has 0 bridgehead atoms. The normalized spacial score (nSPS) is 12.0. The SMILES string of the molecule is COc1ccc(C)cc1N(CC(=O)N(Cc1ccc(Cl)cc1Cl)C(Cc1ccccc1)C(=O)NCC(C)C)S(=O)(=O)c1ccccc1. The predicted octanol–water partition coefficient (Wildman–Crippen LogP) is 6.92. The molecule has 0 saturated heterocycles. The van der Waals surface area contributed by atoms with Crippen molar-refractivity contribution in [3.05, 3.63) is 124 Å². The monoisotopic (exact) mass is 695 g/mol. The van der Waals surface area contributed by atoms with Crippen LogP contribution in [0.3, 0.4) is 0 Å². The summed E-state index contributed by atoms with van der Waals surface area (Å²) in [7, 11) is -2.85. The van der Waals surface area contributed by atoms with Gasteiger partial charge in [0.25, 0.3) is 10.0 Å². The van der Waals surface area contributed by atoms with Gasteiger partial charge in [0.2, 0.25) is 11.8 Å². The van der Waals surface area contributed by atoms with Gasteiger partial charge < -0.3 is 15.0 Å². The maximum atomic E-state index is 14.7. The van der Waals surface area contributed by atoms with E-state index in [-0.39, 0.29) is 41.1 Å². The summed E-state index contributed by atoms with van der Waals surface area (Å²) in [4.78, 5) is 30.0. The maximum Gasteiger partial charge on any atom is 0.264 e. The van der Waals surface area contributed by atoms with E-state index in [0.29, 0.717) is 22.2 Å². The van der Waals surface area contributed by atoms with E-state index in [9.17, 15) is 18.0 Å². The molecule has 0 saturated carbocycles. The van der Waals surface area contributed by atoms with E-state index in [1.807, 2.05) is 51.1 Å². The predicted molar refractivity (Wildman–Crippen MR) is 187 cm³/mol. The van der Waals surface area contributed by atoms with Gasteiger partial charge in [-0.25, -0.2) is 8.42 Å². The van der Waals surface area contributed by atoms with Crippen molar-refractivity contribution in [3.8, 4) is 5.75 Å². The highest BCUT2D eigenvalue weighted by molar-refractivity contribution is 7.92. The molecule has 47 heavy (non-hydrogen) atoms. The lowest BCUT2D eigenvalue weighted by molar-refractivity contribution is -0.140. The lowest BCUT2D eigenvalue weighted by Gasteiger charge is -2.34. The van der Waals surface area contributed by atoms with Crippen molar-refractivity contribution in [1.29, 1.82) is 0 Å². The van der Waals surface area contributed by atoms with E-state index in [1.54, 1.807) is 54.6 Å². The van der Waals surface area contributed by atoms with Crippen molar-refractivity contribution in [2.45, 2.75) is 44.7 Å². The first-order valence-corrected chi connectivity index (χ1v) is 17.4. The van der Waals surface area contributed by atoms with Crippen molar-refractivity contribution < 1.29 is 22.7 Å². The van der Waals surface area contributed by atoms with Gasteiger partial charge in [-0.2, -0.15) is 0 Å². The first-order valence-electron chi connectivity index (χ1n) is 15.2. The third-order valence-electron chi connectivity index (χ3n) is 7.52. The van der Waals surface area contributed by atoms with Crippen LogP contribution in [0.25, 0.3) is 0 Å². The van der Waals surface area contributed by atoms with E-state index in [2.05, 4.69) is 5.32 Å². The molecule has 1 atom stereocenters. The van der Waals surface area contributed by atoms with Crippen LogP contribution in [-0.4, -0.2) is 51.4 Å². The number of rotatable bonds is 14. The Morgan fingerprint density at radius 1 is 0.894 bits per heavy atom. The van der Waals surface area contributed by atoms with Gasteiger partial charge in [0.15, 0.2) is 0 Å². The van der Waals surface area contributed by atoms with Crippen LogP contribution >= 0.6 is 23.2 Å². The number of carbonyl (C=O) groups is 2. The zero-order valence-electron chi connectivity index (χ0n) is 26.8. The Kier molecular flexibility index (Phi) is 12.3. The number of hydrogen-bond donors (Lipinski definition) is 1. The number of nitrogens with zero attached hydrogens (tertiary/aromatic N) is 2. The minimum Gasteiger partial charge on any atom is -0.495 e. The fraction of sp³-hybridized carbons (Fsp3) is 0.278. The fourth-order valence-corrected chi connectivity index (χ4v) is 6.94. The molecule has 0 aliphatic rings. The van der Waals surface area contributed by atoms with E-state index >= 15 is 0 Å². The highest BCUT2D eigenvalue weighted by Crippen LogP contribution is 2.34. The minimum absolute atomic E-state index is 0.000771. The maximum absolute atomic E-state index is 14.7. The van der Waals surface area contributed by atoms with Crippen molar-refractivity contribution in [1.82, 2.24) is 10.2 Å². The van der Waals surface area contributed by atoms with Gasteiger partial charge in [-0.1, -0.05) is 97.7 Å². The van der Waals surface area contributed by atoms with Crippen LogP contribution < -0.4 is 14.4 Å². The molecular weight excluding hydrogens is 657 g/mol. The number of carbonyl (C=O) groups excluding carboxylic acids is 2. The Bertz CT molecular complexity index is 1790. The van der Waals surface area contributed by atoms with Gasteiger partial charge in [-0.05, 0) is 65.9 Å². The van der Waals surface area contributed by atoms with Gasteiger partial charge in [0.05, 0.1) is 17.7 Å². The number of sulfonamides is 1. The Balaban J connectivity index is 1.86. The van der Waals surface area contributed by atoms with E-state index in [4.69, 9.17) is 27.9 Å². The van der Waals surface area contributed by atoms with Crippen LogP contribution in [0.15, 0.2) is 102 Å². The summed E-state index contributed by atoms with van der Waals surface area (Å²) in [6.07, 6.45) is 0.181. The third kappa shape index (κ3) is 9.28. The number of amides is 2. The van der Waals surface area contributed by atoms with E-state index in [0.717, 1.165) is 15.4 Å². The summed E-state index contributed by atoms with van der Waals surface area (Å²) in [5.74, 6) is -0.552. The van der Waals surface area contributed by atoms with Crippen molar-refractivity contribution >= 4 is 50.7 Å². The molecule has 0 heterocycles. The summed E-state index contributed by atoms with van der Waals surface area (Å²) >= 11 is 12.8. The quantitative estimate of drug-likeness (QED) is 0.155. The zero-order chi connectivity index (χ0) is 34.1. The molecule has 2 amide bonds. The highest BCUT2D eigenvalue weighted by Gasteiger charge is 2.36. The lowest BCUT2D eigenvalue weighted by Crippen LogP contribution is -2.53. The van der Waals surface area contributed by atoms with Crippen LogP contribution in [0.2, 0.25) is 10.0 Å². The van der Waals surface area contributed by atoms with Gasteiger partial charge in [-0.3, -0.25) is 13.9 Å². The second-order valence-corrected chi connectivity index (χ2v) is 14.3. The van der Waals surface area contributed by atoms with Crippen molar-refractivity contribution in [2.75, 3.05) is 24.5 Å². The molecule has 11 heteroatoms. The molecule has 8 nitrogen and oxygen atoms in total. The number of ether oxygens (including phenoxy) is 1. The largest absolute Gasteiger partial charge is 0.495 e. The number of methoxy groups -OCH3 is 1. The number of benzene rings is 4. The molecule has 1 N–H and O–H groups in total. The third-order valence-corrected chi connectivity index (χ3v) is 9.89. The van der Waals surface area contributed by atoms with Crippen LogP contribution in [-0.2, 0) is 32.6 Å². The first kappa shape index (κ1) is 35.8. The minimum atomic E-state index is -4.28. The molecule has 0 aliphatic carbocycles. The van der Waals surface area contributed by atoms with Crippen LogP contribution in [0.1, 0.15) is 30.5 Å². The molecule has 0 aromatic heterocycles. The average Bonchev–Trinajstić information content (AvgIpc) is 3.05. The molecule has 4 aromatic carbocycles. The standard InChI is InChI=1S/C36H39Cl2N3O5S/c1-25(2)22-39-36(43)33(20-27-11-7-5-8-12-27)40(23-28-16-17-29(37)21-31(28)38)35(42)24-41(32-19-26(3)15-18-34(32)46-4)47(44,45)30-13-9-6-10-14-30/h5-19,21,25,33H,20,22-24H2,1-4H3,(H,39,43). The van der Waals surface area contributed by atoms with Crippen molar-refractivity contribution in [3.63, 3.8) is 0 Å². The smallest absolute Gasteiger partial charge is 0.264 e. The number of aryl methyl sites for hydroxylation is 1. The molecule has 4 rings (SSSR count). The Morgan fingerprint density at radius 2 is 1.55 bits per heavy atom. The molecule has 0 radical (unpaired) electrons. The topological polar surface area (TPSA) is 96.0 Å². The molecule has 4 aromatic rings. The second kappa shape index (κ2) is 16.2. The van der Waals surface area contributed by atoms with Gasteiger partial charge in [-0.15, -0.1) is 0 Å². The molecule has 248 valence electrons. The van der Waals surface area contributed by atoms with Crippen LogP contribution in [0.4, 0.5) is 5.69 Å². The van der Waals surface area contributed by atoms with Crippen molar-refractivity contribution in [2.24, 2.45) is 5.92 Å². The number of hydrogen-bond acceptors (Lipinski definition) is 5. The fourth-order valence-electron chi connectivity index (χ4n) is 5.04. The summed E-state index contributed by atoms with van der Waals surface area (Å²) in [6.45, 7) is 5.47. The number of halogens is 2. The molecule has 0 fully saturated rings. The Hall–Kier alpha value is -4.05. The molecule has 0 aliphatic heterocycles. The summed E-state index contributed by atoms with van der Waals surface area (Å²) in [5.41, 5.74) is 2.33. The second-order valence-electron chi connectivity index (χ2n) is 11.6. The van der Waals surface area contributed by atoms with Gasteiger partial charge >= 0.3 is 0 Å². The summed E-state index contributed by atoms with van der Waals surface area (Å²) in [5, 5.41) is 3.70. The Labute approximate surface area is 287 Å². The number of nitrogens with one attached hydrogen (secondary N) is 1. The molecule has 1 unspecified atom stereocenters. The average molecular weight is 697 g/mol. The summed E-state index contributed by atoms with van der Waals surface area (Å²) in [6, 6.07) is 26.2. The molecule has 0 spiro atoms. The van der Waals surface area contributed by atoms with Gasteiger partial charge in [0, 0.05) is 29.6 Å². The number of anilines is 1. The summed E-state index contributed by atoms with van der Waals surface area (Å²) < 4.78 is 35.2. The highest BCUT2D eigenvalue weighted by atomic mass is 35.5. The zero-order valence-corrected chi connectivity index (χ0v) is 29.1. The first-order chi connectivity index (χ1) is 22.4. The van der Waals surface area contributed by atoms with Crippen LogP contribution in [0.5, 0.6) is 5.75 Å². The van der Waals surface area contributed by atoms with E-state index < -0.39 is 28.5 Å². The Morgan fingerprint density at radius 3 is 2.17 bits per heavy atom.